The fourth-order valence-electron chi connectivity index (χ4n) is 10.7. The second kappa shape index (κ2) is 9.87. The lowest BCUT2D eigenvalue weighted by atomic mass is 9.42. The van der Waals surface area contributed by atoms with E-state index in [1.165, 1.54) is 0 Å². The number of carboxylic acids is 1. The van der Waals surface area contributed by atoms with Gasteiger partial charge < -0.3 is 45.5 Å². The van der Waals surface area contributed by atoms with Gasteiger partial charge in [0, 0.05) is 11.3 Å². The zero-order valence-corrected chi connectivity index (χ0v) is 23.2. The second-order valence-corrected chi connectivity index (χ2v) is 14.1. The van der Waals surface area contributed by atoms with Crippen molar-refractivity contribution in [3.8, 4) is 0 Å². The van der Waals surface area contributed by atoms with E-state index in [0.29, 0.717) is 17.8 Å². The first kappa shape index (κ1) is 28.3. The molecule has 2 aliphatic heterocycles. The molecule has 0 aromatic heterocycles. The number of fused-ring (bicyclic) bond motifs is 3. The van der Waals surface area contributed by atoms with Crippen molar-refractivity contribution in [1.82, 2.24) is 0 Å². The number of ether oxygens (including phenoxy) is 3. The Labute approximate surface area is 230 Å². The first-order valence-corrected chi connectivity index (χ1v) is 15.1. The van der Waals surface area contributed by atoms with Crippen molar-refractivity contribution in [2.45, 2.75) is 127 Å². The average Bonchev–Trinajstić information content (AvgIpc) is 3.10. The molecule has 6 aliphatic rings. The number of aliphatic hydroxyl groups is 4. The van der Waals surface area contributed by atoms with Gasteiger partial charge in [0.2, 0.25) is 0 Å². The Morgan fingerprint density at radius 2 is 1.72 bits per heavy atom. The maximum Gasteiger partial charge on any atom is 0.303 e. The molecule has 10 heteroatoms. The van der Waals surface area contributed by atoms with Gasteiger partial charge in [0.1, 0.15) is 18.3 Å². The molecule has 0 unspecified atom stereocenters. The van der Waals surface area contributed by atoms with Gasteiger partial charge in [-0.25, -0.2) is 0 Å². The molecule has 222 valence electrons. The van der Waals surface area contributed by atoms with Gasteiger partial charge in [0.15, 0.2) is 12.6 Å². The number of nitrogens with two attached hydrogens (primary N) is 1. The van der Waals surface area contributed by atoms with Crippen LogP contribution in [0.1, 0.15) is 78.1 Å². The molecule has 15 atom stereocenters. The summed E-state index contributed by atoms with van der Waals surface area (Å²) in [7, 11) is 0. The van der Waals surface area contributed by atoms with Crippen LogP contribution in [0.25, 0.3) is 0 Å². The Morgan fingerprint density at radius 1 is 0.974 bits per heavy atom. The molecule has 0 radical (unpaired) electrons. The average molecular weight is 554 g/mol. The molecule has 0 aromatic carbocycles. The summed E-state index contributed by atoms with van der Waals surface area (Å²) >= 11 is 0. The smallest absolute Gasteiger partial charge is 0.303 e. The molecule has 4 aliphatic carbocycles. The minimum atomic E-state index is -1.17. The van der Waals surface area contributed by atoms with E-state index < -0.39 is 55.1 Å². The van der Waals surface area contributed by atoms with E-state index in [4.69, 9.17) is 19.9 Å². The first-order valence-electron chi connectivity index (χ1n) is 15.1. The summed E-state index contributed by atoms with van der Waals surface area (Å²) in [5.41, 5.74) is 5.59. The van der Waals surface area contributed by atoms with Gasteiger partial charge in [0.05, 0.1) is 30.8 Å². The van der Waals surface area contributed by atoms with Crippen LogP contribution in [0.3, 0.4) is 0 Å². The summed E-state index contributed by atoms with van der Waals surface area (Å²) in [6, 6.07) is -0.947. The highest BCUT2D eigenvalue weighted by atomic mass is 16.7. The van der Waals surface area contributed by atoms with E-state index >= 15 is 0 Å². The predicted octanol–water partition coefficient (Wildman–Crippen LogP) is 1.36. The normalized spacial score (nSPS) is 56.8. The van der Waals surface area contributed by atoms with E-state index in [9.17, 15) is 30.3 Å². The topological polar surface area (TPSA) is 172 Å². The SMILES string of the molecule is C[C@]12CC[C@H](O[C@H]3O[C@@H](CO)[C@H](O)[C@H](N)[C@@H]3O)C[C@H]1CC[C@@H]1[C@@H]2CC[C@]2(C)[C@@H]3CC[C@]12O[C@H](O)[C@H]3CC(=O)O. The maximum atomic E-state index is 11.6. The Bertz CT molecular complexity index is 950. The molecule has 6 rings (SSSR count). The van der Waals surface area contributed by atoms with Crippen molar-refractivity contribution in [2.75, 3.05) is 6.61 Å². The molecule has 2 bridgehead atoms. The van der Waals surface area contributed by atoms with Crippen LogP contribution in [0.15, 0.2) is 0 Å². The van der Waals surface area contributed by atoms with Gasteiger partial charge >= 0.3 is 5.97 Å². The number of aliphatic hydroxyl groups excluding tert-OH is 4. The molecule has 4 saturated carbocycles. The zero-order valence-electron chi connectivity index (χ0n) is 23.2. The molecule has 10 nitrogen and oxygen atoms in total. The number of aliphatic carboxylic acids is 1. The van der Waals surface area contributed by atoms with E-state index in [0.717, 1.165) is 57.8 Å². The highest BCUT2D eigenvalue weighted by Gasteiger charge is 2.72. The third-order valence-electron chi connectivity index (χ3n) is 12.7. The summed E-state index contributed by atoms with van der Waals surface area (Å²) < 4.78 is 18.6. The van der Waals surface area contributed by atoms with E-state index in [2.05, 4.69) is 13.8 Å². The molecule has 2 saturated heterocycles. The molecular weight excluding hydrogens is 506 g/mol. The molecule has 0 spiro atoms. The molecular formula is C29H47NO9. The summed E-state index contributed by atoms with van der Waals surface area (Å²) in [5, 5.41) is 50.9. The molecule has 39 heavy (non-hydrogen) atoms. The molecule has 0 aromatic rings. The Hall–Kier alpha value is -0.850. The van der Waals surface area contributed by atoms with E-state index in [1.807, 2.05) is 0 Å². The molecule has 7 N–H and O–H groups in total. The third kappa shape index (κ3) is 4.07. The number of hydrogen-bond donors (Lipinski definition) is 6. The van der Waals surface area contributed by atoms with Crippen molar-refractivity contribution in [3.05, 3.63) is 0 Å². The highest BCUT2D eigenvalue weighted by molar-refractivity contribution is 5.67. The van der Waals surface area contributed by atoms with Crippen molar-refractivity contribution in [2.24, 2.45) is 46.2 Å². The number of carbonyl (C=O) groups is 1. The van der Waals surface area contributed by atoms with Crippen LogP contribution in [-0.2, 0) is 19.0 Å². The van der Waals surface area contributed by atoms with Gasteiger partial charge in [-0.05, 0) is 86.9 Å². The van der Waals surface area contributed by atoms with Crippen LogP contribution in [-0.4, -0.2) is 86.7 Å². The summed E-state index contributed by atoms with van der Waals surface area (Å²) in [6.07, 6.45) is 3.23. The Morgan fingerprint density at radius 3 is 2.44 bits per heavy atom. The van der Waals surface area contributed by atoms with Gasteiger partial charge in [-0.15, -0.1) is 0 Å². The quantitative estimate of drug-likeness (QED) is 0.273. The second-order valence-electron chi connectivity index (χ2n) is 14.1. The Kier molecular flexibility index (Phi) is 7.15. The highest BCUT2D eigenvalue weighted by Crippen LogP contribution is 2.73. The van der Waals surface area contributed by atoms with E-state index in [1.54, 1.807) is 0 Å². The van der Waals surface area contributed by atoms with Gasteiger partial charge in [-0.2, -0.15) is 0 Å². The first-order chi connectivity index (χ1) is 18.4. The van der Waals surface area contributed by atoms with Crippen LogP contribution in [0, 0.1) is 40.4 Å². The van der Waals surface area contributed by atoms with Crippen LogP contribution in [0.2, 0.25) is 0 Å². The van der Waals surface area contributed by atoms with Crippen molar-refractivity contribution < 1.29 is 44.5 Å². The van der Waals surface area contributed by atoms with Gasteiger partial charge in [-0.3, -0.25) is 4.79 Å². The fraction of sp³-hybridized carbons (Fsp3) is 0.966. The largest absolute Gasteiger partial charge is 0.481 e. The van der Waals surface area contributed by atoms with Crippen molar-refractivity contribution >= 4 is 5.97 Å². The van der Waals surface area contributed by atoms with Crippen LogP contribution in [0.5, 0.6) is 0 Å². The number of hydrogen-bond acceptors (Lipinski definition) is 9. The summed E-state index contributed by atoms with van der Waals surface area (Å²) in [4.78, 5) is 11.6. The minimum Gasteiger partial charge on any atom is -0.481 e. The van der Waals surface area contributed by atoms with Crippen molar-refractivity contribution in [3.63, 3.8) is 0 Å². The molecule has 0 amide bonds. The summed E-state index contributed by atoms with van der Waals surface area (Å²) in [6.45, 7) is 4.33. The minimum absolute atomic E-state index is 0.0465. The van der Waals surface area contributed by atoms with Crippen LogP contribution < -0.4 is 5.73 Å². The van der Waals surface area contributed by atoms with Gasteiger partial charge in [-0.1, -0.05) is 13.8 Å². The maximum absolute atomic E-state index is 11.6. The lowest BCUT2D eigenvalue weighted by Gasteiger charge is -2.67. The molecule has 6 fully saturated rings. The van der Waals surface area contributed by atoms with Crippen molar-refractivity contribution in [1.29, 1.82) is 0 Å². The fourth-order valence-corrected chi connectivity index (χ4v) is 10.7. The Balaban J connectivity index is 1.17. The zero-order chi connectivity index (χ0) is 27.9. The number of rotatable bonds is 5. The standard InChI is InChI=1S/C29H47NO9/c1-27-8-5-15(37-26-24(35)22(30)23(34)20(13-31)38-26)11-14(27)3-4-19-18(27)6-9-28(2)17-7-10-29(19,28)39-25(36)16(17)12-21(32)33/h14-20,22-26,31,34-36H,3-13,30H2,1-2H3,(H,32,33)/t14-,15+,16+,17-,18+,19-,20+,22+,23+,24+,25+,26+,27+,28-,29+/m1/s1. The lowest BCUT2D eigenvalue weighted by molar-refractivity contribution is -0.334. The third-order valence-corrected chi connectivity index (χ3v) is 12.7. The molecule has 2 heterocycles. The van der Waals surface area contributed by atoms with Crippen LogP contribution in [0.4, 0.5) is 0 Å². The van der Waals surface area contributed by atoms with Crippen LogP contribution >= 0.6 is 0 Å². The predicted molar refractivity (Wildman–Crippen MR) is 138 cm³/mol. The number of carboxylic acid groups (broad SMARTS) is 1. The van der Waals surface area contributed by atoms with E-state index in [-0.39, 0.29) is 35.2 Å². The van der Waals surface area contributed by atoms with Gasteiger partial charge in [0.25, 0.3) is 0 Å². The summed E-state index contributed by atoms with van der Waals surface area (Å²) in [5.74, 6) is 0.193. The lowest BCUT2D eigenvalue weighted by Crippen LogP contribution is -2.67. The monoisotopic (exact) mass is 553 g/mol.